The van der Waals surface area contributed by atoms with Crippen molar-refractivity contribution in [1.29, 1.82) is 0 Å². The first-order valence-corrected chi connectivity index (χ1v) is 5.98. The van der Waals surface area contributed by atoms with Crippen LogP contribution in [0.1, 0.15) is 32.1 Å². The highest BCUT2D eigenvalue weighted by Gasteiger charge is 2.27. The van der Waals surface area contributed by atoms with E-state index >= 15 is 0 Å². The third kappa shape index (κ3) is 3.43. The van der Waals surface area contributed by atoms with E-state index in [2.05, 4.69) is 16.8 Å². The van der Waals surface area contributed by atoms with Gasteiger partial charge in [0, 0.05) is 18.6 Å². The van der Waals surface area contributed by atoms with Crippen LogP contribution < -0.4 is 5.32 Å². The summed E-state index contributed by atoms with van der Waals surface area (Å²) in [5.74, 6) is 0. The molecule has 80 valence electrons. The molecule has 0 atom stereocenters. The second kappa shape index (κ2) is 4.94. The summed E-state index contributed by atoms with van der Waals surface area (Å²) >= 11 is 0. The van der Waals surface area contributed by atoms with Gasteiger partial charge >= 0.3 is 0 Å². The van der Waals surface area contributed by atoms with Crippen molar-refractivity contribution in [2.45, 2.75) is 44.2 Å². The van der Waals surface area contributed by atoms with Gasteiger partial charge in [0.25, 0.3) is 0 Å². The lowest BCUT2D eigenvalue weighted by Gasteiger charge is -2.19. The topological polar surface area (TPSA) is 15.3 Å². The maximum absolute atomic E-state index is 3.82. The number of rotatable bonds is 8. The van der Waals surface area contributed by atoms with Gasteiger partial charge in [-0.05, 0) is 45.2 Å². The molecule has 0 bridgehead atoms. The van der Waals surface area contributed by atoms with Gasteiger partial charge in [-0.1, -0.05) is 6.08 Å². The van der Waals surface area contributed by atoms with Gasteiger partial charge in [-0.3, -0.25) is 4.90 Å². The van der Waals surface area contributed by atoms with Gasteiger partial charge in [0.05, 0.1) is 0 Å². The highest BCUT2D eigenvalue weighted by molar-refractivity contribution is 4.88. The van der Waals surface area contributed by atoms with Crippen molar-refractivity contribution in [2.24, 2.45) is 0 Å². The van der Waals surface area contributed by atoms with Gasteiger partial charge < -0.3 is 5.32 Å². The van der Waals surface area contributed by atoms with Crippen molar-refractivity contribution in [3.8, 4) is 0 Å². The number of hydrogen-bond acceptors (Lipinski definition) is 2. The molecule has 2 saturated carbocycles. The van der Waals surface area contributed by atoms with E-state index < -0.39 is 0 Å². The monoisotopic (exact) mass is 194 g/mol. The van der Waals surface area contributed by atoms with Crippen LogP contribution in [0.4, 0.5) is 0 Å². The normalized spacial score (nSPS) is 21.5. The Kier molecular flexibility index (Phi) is 3.60. The molecular weight excluding hydrogens is 172 g/mol. The minimum Gasteiger partial charge on any atom is -0.314 e. The van der Waals surface area contributed by atoms with Gasteiger partial charge in [-0.15, -0.1) is 6.58 Å². The predicted molar refractivity (Wildman–Crippen MR) is 60.4 cm³/mol. The summed E-state index contributed by atoms with van der Waals surface area (Å²) in [6, 6.07) is 1.75. The zero-order valence-electron chi connectivity index (χ0n) is 9.04. The molecule has 2 aliphatic carbocycles. The van der Waals surface area contributed by atoms with E-state index in [1.54, 1.807) is 0 Å². The summed E-state index contributed by atoms with van der Waals surface area (Å²) in [4.78, 5) is 2.57. The molecule has 2 nitrogen and oxygen atoms in total. The van der Waals surface area contributed by atoms with E-state index in [1.807, 2.05) is 6.08 Å². The van der Waals surface area contributed by atoms with Gasteiger partial charge in [0.1, 0.15) is 0 Å². The lowest BCUT2D eigenvalue weighted by molar-refractivity contribution is 0.286. The molecule has 2 fully saturated rings. The fraction of sp³-hybridized carbons (Fsp3) is 0.833. The molecule has 2 aliphatic rings. The first-order chi connectivity index (χ1) is 6.90. The summed E-state index contributed by atoms with van der Waals surface area (Å²) in [6.45, 7) is 7.34. The molecule has 2 rings (SSSR count). The van der Waals surface area contributed by atoms with Crippen LogP contribution in [-0.4, -0.2) is 36.6 Å². The van der Waals surface area contributed by atoms with Crippen LogP contribution in [-0.2, 0) is 0 Å². The van der Waals surface area contributed by atoms with Crippen LogP contribution in [0.5, 0.6) is 0 Å². The highest BCUT2D eigenvalue weighted by Crippen LogP contribution is 2.26. The maximum Gasteiger partial charge on any atom is 0.0163 e. The molecule has 0 aromatic rings. The van der Waals surface area contributed by atoms with Gasteiger partial charge in [0.2, 0.25) is 0 Å². The van der Waals surface area contributed by atoms with E-state index in [1.165, 1.54) is 45.2 Å². The lowest BCUT2D eigenvalue weighted by Crippen LogP contribution is -2.30. The highest BCUT2D eigenvalue weighted by atomic mass is 15.2. The number of hydrogen-bond donors (Lipinski definition) is 1. The Bertz CT molecular complexity index is 183. The molecule has 0 saturated heterocycles. The standard InChI is InChI=1S/C12H22N2/c1-2-9-14(12-6-7-12)10-3-8-13-11-4-5-11/h2,11-13H,1,3-10H2. The Labute approximate surface area is 87.4 Å². The molecule has 0 amide bonds. The molecule has 0 spiro atoms. The van der Waals surface area contributed by atoms with Crippen molar-refractivity contribution < 1.29 is 0 Å². The molecule has 2 heteroatoms. The average Bonchev–Trinajstić information content (AvgIpc) is 3.03. The lowest BCUT2D eigenvalue weighted by atomic mass is 10.3. The predicted octanol–water partition coefficient (Wildman–Crippen LogP) is 1.78. The van der Waals surface area contributed by atoms with Crippen LogP contribution in [0.2, 0.25) is 0 Å². The molecule has 0 aromatic heterocycles. The summed E-state index contributed by atoms with van der Waals surface area (Å²) in [5.41, 5.74) is 0. The van der Waals surface area contributed by atoms with Gasteiger partial charge in [-0.25, -0.2) is 0 Å². The first kappa shape index (κ1) is 10.2. The van der Waals surface area contributed by atoms with Crippen LogP contribution in [0.15, 0.2) is 12.7 Å². The van der Waals surface area contributed by atoms with E-state index in [9.17, 15) is 0 Å². The fourth-order valence-corrected chi connectivity index (χ4v) is 1.90. The Hall–Kier alpha value is -0.340. The van der Waals surface area contributed by atoms with E-state index in [-0.39, 0.29) is 0 Å². The third-order valence-corrected chi connectivity index (χ3v) is 3.06. The zero-order chi connectivity index (χ0) is 9.80. The molecule has 0 aliphatic heterocycles. The summed E-state index contributed by atoms with van der Waals surface area (Å²) < 4.78 is 0. The Morgan fingerprint density at radius 1 is 1.29 bits per heavy atom. The quantitative estimate of drug-likeness (QED) is 0.468. The van der Waals surface area contributed by atoms with Gasteiger partial charge in [-0.2, -0.15) is 0 Å². The largest absolute Gasteiger partial charge is 0.314 e. The Morgan fingerprint density at radius 3 is 2.64 bits per heavy atom. The average molecular weight is 194 g/mol. The van der Waals surface area contributed by atoms with Crippen molar-refractivity contribution >= 4 is 0 Å². The van der Waals surface area contributed by atoms with Crippen LogP contribution >= 0.6 is 0 Å². The second-order valence-electron chi connectivity index (χ2n) is 4.60. The van der Waals surface area contributed by atoms with E-state index in [0.717, 1.165) is 18.6 Å². The molecule has 0 aromatic carbocycles. The number of nitrogens with zero attached hydrogens (tertiary/aromatic N) is 1. The van der Waals surface area contributed by atoms with Crippen LogP contribution in [0, 0.1) is 0 Å². The molecule has 0 radical (unpaired) electrons. The maximum atomic E-state index is 3.82. The molecular formula is C12H22N2. The first-order valence-electron chi connectivity index (χ1n) is 5.98. The smallest absolute Gasteiger partial charge is 0.0163 e. The summed E-state index contributed by atoms with van der Waals surface area (Å²) in [5, 5.41) is 3.56. The minimum absolute atomic E-state index is 0.865. The molecule has 0 unspecified atom stereocenters. The fourth-order valence-electron chi connectivity index (χ4n) is 1.90. The molecule has 14 heavy (non-hydrogen) atoms. The second-order valence-corrected chi connectivity index (χ2v) is 4.60. The third-order valence-electron chi connectivity index (χ3n) is 3.06. The van der Waals surface area contributed by atoms with Crippen molar-refractivity contribution in [2.75, 3.05) is 19.6 Å². The van der Waals surface area contributed by atoms with E-state index in [0.29, 0.717) is 0 Å². The Morgan fingerprint density at radius 2 is 2.07 bits per heavy atom. The van der Waals surface area contributed by atoms with Crippen LogP contribution in [0.3, 0.4) is 0 Å². The molecule has 1 N–H and O–H groups in total. The Balaban J connectivity index is 1.53. The summed E-state index contributed by atoms with van der Waals surface area (Å²) in [6.07, 6.45) is 8.94. The van der Waals surface area contributed by atoms with Crippen molar-refractivity contribution in [3.63, 3.8) is 0 Å². The number of nitrogens with one attached hydrogen (secondary N) is 1. The summed E-state index contributed by atoms with van der Waals surface area (Å²) in [7, 11) is 0. The SMILES string of the molecule is C=CCN(CCCNC1CC1)C1CC1. The van der Waals surface area contributed by atoms with Crippen molar-refractivity contribution in [3.05, 3.63) is 12.7 Å². The van der Waals surface area contributed by atoms with E-state index in [4.69, 9.17) is 0 Å². The zero-order valence-corrected chi connectivity index (χ0v) is 9.04. The van der Waals surface area contributed by atoms with Crippen molar-refractivity contribution in [1.82, 2.24) is 10.2 Å². The van der Waals surface area contributed by atoms with Gasteiger partial charge in [0.15, 0.2) is 0 Å². The van der Waals surface area contributed by atoms with Crippen LogP contribution in [0.25, 0.3) is 0 Å². The minimum atomic E-state index is 0.865. The molecule has 0 heterocycles.